The average Bonchev–Trinajstić information content (AvgIpc) is 2.84. The quantitative estimate of drug-likeness (QED) is 0.707. The standard InChI is InChI=1S/C11H16N2O2/c1-3-13-5-4-12-11(13)10(14)9-6-8(2)15-7-9/h4-5,8-9H,3,6-7H2,1-2H3. The van der Waals surface area contributed by atoms with Crippen molar-refractivity contribution in [2.75, 3.05) is 6.61 Å². The molecule has 1 aromatic rings. The molecule has 4 nitrogen and oxygen atoms in total. The highest BCUT2D eigenvalue weighted by molar-refractivity contribution is 5.95. The molecule has 0 aliphatic carbocycles. The van der Waals surface area contributed by atoms with Crippen molar-refractivity contribution in [2.24, 2.45) is 5.92 Å². The second-order valence-corrected chi connectivity index (χ2v) is 3.98. The van der Waals surface area contributed by atoms with Gasteiger partial charge in [0.2, 0.25) is 5.78 Å². The fourth-order valence-electron chi connectivity index (χ4n) is 1.97. The summed E-state index contributed by atoms with van der Waals surface area (Å²) < 4.78 is 7.28. The van der Waals surface area contributed by atoms with Crippen LogP contribution in [0.2, 0.25) is 0 Å². The van der Waals surface area contributed by atoms with Gasteiger partial charge in [0, 0.05) is 18.9 Å². The summed E-state index contributed by atoms with van der Waals surface area (Å²) in [4.78, 5) is 16.2. The summed E-state index contributed by atoms with van der Waals surface area (Å²) in [5, 5.41) is 0. The van der Waals surface area contributed by atoms with Crippen molar-refractivity contribution in [3.05, 3.63) is 18.2 Å². The highest BCUT2D eigenvalue weighted by atomic mass is 16.5. The first kappa shape index (κ1) is 10.4. The summed E-state index contributed by atoms with van der Waals surface area (Å²) in [5.41, 5.74) is 0. The van der Waals surface area contributed by atoms with Gasteiger partial charge in [0.1, 0.15) is 0 Å². The molecule has 2 heterocycles. The van der Waals surface area contributed by atoms with Crippen LogP contribution in [-0.4, -0.2) is 28.0 Å². The molecule has 0 radical (unpaired) electrons. The number of nitrogens with zero attached hydrogens (tertiary/aromatic N) is 2. The maximum absolute atomic E-state index is 12.1. The van der Waals surface area contributed by atoms with Crippen molar-refractivity contribution in [3.8, 4) is 0 Å². The van der Waals surface area contributed by atoms with Gasteiger partial charge in [0.05, 0.1) is 18.6 Å². The second kappa shape index (κ2) is 4.14. The van der Waals surface area contributed by atoms with Gasteiger partial charge in [0.25, 0.3) is 0 Å². The summed E-state index contributed by atoms with van der Waals surface area (Å²) in [7, 11) is 0. The number of aromatic nitrogens is 2. The van der Waals surface area contributed by atoms with Crippen LogP contribution >= 0.6 is 0 Å². The van der Waals surface area contributed by atoms with E-state index in [1.165, 1.54) is 0 Å². The van der Waals surface area contributed by atoms with E-state index >= 15 is 0 Å². The van der Waals surface area contributed by atoms with Crippen LogP contribution in [0.25, 0.3) is 0 Å². The van der Waals surface area contributed by atoms with Gasteiger partial charge in [-0.1, -0.05) is 0 Å². The van der Waals surface area contributed by atoms with Gasteiger partial charge in [-0.25, -0.2) is 4.98 Å². The van der Waals surface area contributed by atoms with Crippen LogP contribution in [-0.2, 0) is 11.3 Å². The number of imidazole rings is 1. The van der Waals surface area contributed by atoms with E-state index in [-0.39, 0.29) is 17.8 Å². The molecule has 0 aromatic carbocycles. The maximum atomic E-state index is 12.1. The van der Waals surface area contributed by atoms with Gasteiger partial charge < -0.3 is 9.30 Å². The van der Waals surface area contributed by atoms with Gasteiger partial charge in [0.15, 0.2) is 5.82 Å². The molecule has 82 valence electrons. The molecule has 0 spiro atoms. The monoisotopic (exact) mass is 208 g/mol. The van der Waals surface area contributed by atoms with Crippen LogP contribution in [0.4, 0.5) is 0 Å². The lowest BCUT2D eigenvalue weighted by Crippen LogP contribution is -2.19. The molecule has 1 fully saturated rings. The third kappa shape index (κ3) is 1.95. The molecule has 0 amide bonds. The summed E-state index contributed by atoms with van der Waals surface area (Å²) in [5.74, 6) is 0.680. The van der Waals surface area contributed by atoms with E-state index in [1.54, 1.807) is 6.20 Å². The first-order chi connectivity index (χ1) is 7.22. The number of hydrogen-bond donors (Lipinski definition) is 0. The Labute approximate surface area is 89.3 Å². The van der Waals surface area contributed by atoms with Crippen molar-refractivity contribution in [3.63, 3.8) is 0 Å². The SMILES string of the molecule is CCn1ccnc1C(=O)C1COC(C)C1. The Bertz CT molecular complexity index is 359. The van der Waals surface area contributed by atoms with Crippen LogP contribution < -0.4 is 0 Å². The summed E-state index contributed by atoms with van der Waals surface area (Å²) in [6.07, 6.45) is 4.53. The molecule has 2 rings (SSSR count). The molecule has 4 heteroatoms. The molecule has 1 saturated heterocycles. The molecule has 0 bridgehead atoms. The number of carbonyl (C=O) groups excluding carboxylic acids is 1. The minimum absolute atomic E-state index is 0.00676. The second-order valence-electron chi connectivity index (χ2n) is 3.98. The van der Waals surface area contributed by atoms with Crippen molar-refractivity contribution in [1.29, 1.82) is 0 Å². The first-order valence-electron chi connectivity index (χ1n) is 5.39. The number of rotatable bonds is 3. The lowest BCUT2D eigenvalue weighted by molar-refractivity contribution is 0.0864. The molecule has 1 aliphatic heterocycles. The number of hydrogen-bond acceptors (Lipinski definition) is 3. The van der Waals surface area contributed by atoms with Crippen molar-refractivity contribution >= 4 is 5.78 Å². The van der Waals surface area contributed by atoms with E-state index in [0.717, 1.165) is 13.0 Å². The Morgan fingerprint density at radius 1 is 1.73 bits per heavy atom. The number of ketones is 1. The molecule has 15 heavy (non-hydrogen) atoms. The number of aryl methyl sites for hydroxylation is 1. The zero-order valence-corrected chi connectivity index (χ0v) is 9.14. The lowest BCUT2D eigenvalue weighted by atomic mass is 10.0. The van der Waals surface area contributed by atoms with Crippen molar-refractivity contribution in [1.82, 2.24) is 9.55 Å². The van der Waals surface area contributed by atoms with Crippen LogP contribution in [0.15, 0.2) is 12.4 Å². The first-order valence-corrected chi connectivity index (χ1v) is 5.39. The number of ether oxygens (including phenoxy) is 1. The molecule has 2 unspecified atom stereocenters. The predicted octanol–water partition coefficient (Wildman–Crippen LogP) is 1.51. The van der Waals surface area contributed by atoms with E-state index < -0.39 is 0 Å². The van der Waals surface area contributed by atoms with E-state index in [0.29, 0.717) is 12.4 Å². The Morgan fingerprint density at radius 3 is 3.13 bits per heavy atom. The van der Waals surface area contributed by atoms with E-state index in [2.05, 4.69) is 4.98 Å². The summed E-state index contributed by atoms with van der Waals surface area (Å²) >= 11 is 0. The zero-order valence-electron chi connectivity index (χ0n) is 9.14. The highest BCUT2D eigenvalue weighted by Crippen LogP contribution is 2.22. The van der Waals surface area contributed by atoms with Gasteiger partial charge in [-0.15, -0.1) is 0 Å². The molecular weight excluding hydrogens is 192 g/mol. The normalized spacial score (nSPS) is 25.7. The average molecular weight is 208 g/mol. The third-order valence-electron chi connectivity index (χ3n) is 2.85. The molecule has 0 N–H and O–H groups in total. The van der Waals surface area contributed by atoms with Crippen molar-refractivity contribution in [2.45, 2.75) is 32.9 Å². The highest BCUT2D eigenvalue weighted by Gasteiger charge is 2.30. The predicted molar refractivity (Wildman–Crippen MR) is 55.8 cm³/mol. The Hall–Kier alpha value is -1.16. The van der Waals surface area contributed by atoms with Crippen LogP contribution in [0.1, 0.15) is 30.9 Å². The molecular formula is C11H16N2O2. The maximum Gasteiger partial charge on any atom is 0.203 e. The van der Waals surface area contributed by atoms with E-state index in [4.69, 9.17) is 4.74 Å². The fourth-order valence-corrected chi connectivity index (χ4v) is 1.97. The van der Waals surface area contributed by atoms with Gasteiger partial charge in [-0.05, 0) is 20.3 Å². The lowest BCUT2D eigenvalue weighted by Gasteiger charge is -2.07. The van der Waals surface area contributed by atoms with Crippen LogP contribution in [0, 0.1) is 5.92 Å². The van der Waals surface area contributed by atoms with Gasteiger partial charge in [-0.2, -0.15) is 0 Å². The Kier molecular flexibility index (Phi) is 2.86. The van der Waals surface area contributed by atoms with Crippen LogP contribution in [0.3, 0.4) is 0 Å². The van der Waals surface area contributed by atoms with E-state index in [9.17, 15) is 4.79 Å². The smallest absolute Gasteiger partial charge is 0.203 e. The Balaban J connectivity index is 2.14. The van der Waals surface area contributed by atoms with Crippen molar-refractivity contribution < 1.29 is 9.53 Å². The molecule has 1 aromatic heterocycles. The minimum atomic E-state index is -0.00676. The number of carbonyl (C=O) groups is 1. The largest absolute Gasteiger partial charge is 0.378 e. The van der Waals surface area contributed by atoms with Crippen LogP contribution in [0.5, 0.6) is 0 Å². The molecule has 2 atom stereocenters. The summed E-state index contributed by atoms with van der Waals surface area (Å²) in [6, 6.07) is 0. The van der Waals surface area contributed by atoms with Gasteiger partial charge >= 0.3 is 0 Å². The number of Topliss-reactive ketones (excluding diaryl/α,β-unsaturated/α-hetero) is 1. The molecule has 0 saturated carbocycles. The van der Waals surface area contributed by atoms with E-state index in [1.807, 2.05) is 24.6 Å². The zero-order chi connectivity index (χ0) is 10.8. The molecule has 1 aliphatic rings. The fraction of sp³-hybridized carbons (Fsp3) is 0.636. The Morgan fingerprint density at radius 2 is 2.53 bits per heavy atom. The van der Waals surface area contributed by atoms with Gasteiger partial charge in [-0.3, -0.25) is 4.79 Å². The third-order valence-corrected chi connectivity index (χ3v) is 2.85. The summed E-state index contributed by atoms with van der Waals surface area (Å²) in [6.45, 7) is 5.33. The topological polar surface area (TPSA) is 44.1 Å². The minimum Gasteiger partial charge on any atom is -0.378 e.